The summed E-state index contributed by atoms with van der Waals surface area (Å²) in [7, 11) is 1.58. The van der Waals surface area contributed by atoms with Gasteiger partial charge >= 0.3 is 0 Å². The molecule has 2 heterocycles. The zero-order valence-corrected chi connectivity index (χ0v) is 23.9. The van der Waals surface area contributed by atoms with Gasteiger partial charge in [0.25, 0.3) is 5.91 Å². The Morgan fingerprint density at radius 3 is 2.38 bits per heavy atom. The molecule has 1 N–H and O–H groups in total. The molecule has 1 atom stereocenters. The van der Waals surface area contributed by atoms with Crippen molar-refractivity contribution in [2.24, 2.45) is 11.3 Å². The fourth-order valence-corrected chi connectivity index (χ4v) is 6.07. The fourth-order valence-electron chi connectivity index (χ4n) is 6.07. The highest BCUT2D eigenvalue weighted by molar-refractivity contribution is 5.99. The minimum atomic E-state index is -0.772. The number of benzene rings is 2. The number of nitrogens with zero attached hydrogens (tertiary/aromatic N) is 3. The second kappa shape index (κ2) is 11.7. The van der Waals surface area contributed by atoms with E-state index in [1.807, 2.05) is 41.3 Å². The molecule has 0 aromatic heterocycles. The van der Waals surface area contributed by atoms with Crippen LogP contribution in [-0.2, 0) is 14.4 Å². The number of hydrogen-bond acceptors (Lipinski definition) is 5. The van der Waals surface area contributed by atoms with Crippen molar-refractivity contribution in [2.45, 2.75) is 58.9 Å². The third kappa shape index (κ3) is 6.72. The van der Waals surface area contributed by atoms with Crippen LogP contribution in [0.5, 0.6) is 5.75 Å². The average molecular weight is 535 g/mol. The SMILES string of the molecule is COc1cccc(NC(=O)CN2CN(c3ccccc3)C3(CCN(C(=O)CC(C)CC(C)(C)C)CC3)C2=O)c1. The monoisotopic (exact) mass is 534 g/mol. The Morgan fingerprint density at radius 2 is 1.74 bits per heavy atom. The minimum Gasteiger partial charge on any atom is -0.497 e. The quantitative estimate of drug-likeness (QED) is 0.528. The van der Waals surface area contributed by atoms with Gasteiger partial charge in [-0.2, -0.15) is 0 Å². The Labute approximate surface area is 232 Å². The molecule has 2 aliphatic heterocycles. The molecule has 39 heavy (non-hydrogen) atoms. The van der Waals surface area contributed by atoms with Crippen molar-refractivity contribution >= 4 is 29.1 Å². The predicted octanol–water partition coefficient (Wildman–Crippen LogP) is 4.76. The molecule has 2 fully saturated rings. The van der Waals surface area contributed by atoms with E-state index in [0.29, 0.717) is 56.4 Å². The summed E-state index contributed by atoms with van der Waals surface area (Å²) in [4.78, 5) is 45.7. The standard InChI is InChI=1S/C31H42N4O4/c1-23(20-30(2,3)4)18-28(37)33-16-14-31(15-17-33)29(38)34(22-35(31)25-11-7-6-8-12-25)21-27(36)32-24-10-9-13-26(19-24)39-5/h6-13,19,23H,14-18,20-22H2,1-5H3,(H,32,36). The molecule has 8 nitrogen and oxygen atoms in total. The van der Waals surface area contributed by atoms with E-state index in [1.165, 1.54) is 0 Å². The van der Waals surface area contributed by atoms with Crippen molar-refractivity contribution in [1.29, 1.82) is 0 Å². The van der Waals surface area contributed by atoms with Crippen molar-refractivity contribution in [3.05, 3.63) is 54.6 Å². The van der Waals surface area contributed by atoms with Crippen LogP contribution in [0, 0.1) is 11.3 Å². The van der Waals surface area contributed by atoms with Crippen molar-refractivity contribution in [2.75, 3.05) is 43.6 Å². The molecule has 1 spiro atoms. The molecular formula is C31H42N4O4. The van der Waals surface area contributed by atoms with Gasteiger partial charge < -0.3 is 24.8 Å². The molecular weight excluding hydrogens is 492 g/mol. The lowest BCUT2D eigenvalue weighted by molar-refractivity contribution is -0.139. The lowest BCUT2D eigenvalue weighted by atomic mass is 9.83. The highest BCUT2D eigenvalue weighted by Crippen LogP contribution is 2.40. The molecule has 8 heteroatoms. The number of methoxy groups -OCH3 is 1. The van der Waals surface area contributed by atoms with Gasteiger partial charge in [-0.15, -0.1) is 0 Å². The summed E-state index contributed by atoms with van der Waals surface area (Å²) < 4.78 is 5.24. The number of hydrogen-bond donors (Lipinski definition) is 1. The number of carbonyl (C=O) groups excluding carboxylic acids is 3. The van der Waals surface area contributed by atoms with E-state index in [2.05, 4.69) is 37.9 Å². The number of amides is 3. The van der Waals surface area contributed by atoms with Gasteiger partial charge in [0, 0.05) is 37.0 Å². The summed E-state index contributed by atoms with van der Waals surface area (Å²) in [5.74, 6) is 0.796. The summed E-state index contributed by atoms with van der Waals surface area (Å²) in [5.41, 5.74) is 0.972. The largest absolute Gasteiger partial charge is 0.497 e. The van der Waals surface area contributed by atoms with Crippen LogP contribution in [0.2, 0.25) is 0 Å². The zero-order valence-electron chi connectivity index (χ0n) is 23.9. The maximum Gasteiger partial charge on any atom is 0.250 e. The Kier molecular flexibility index (Phi) is 8.52. The van der Waals surface area contributed by atoms with Crippen LogP contribution < -0.4 is 15.0 Å². The van der Waals surface area contributed by atoms with E-state index in [0.717, 1.165) is 12.1 Å². The highest BCUT2D eigenvalue weighted by atomic mass is 16.5. The van der Waals surface area contributed by atoms with Gasteiger partial charge in [-0.1, -0.05) is 52.0 Å². The number of piperidine rings is 1. The van der Waals surface area contributed by atoms with Crippen LogP contribution in [0.3, 0.4) is 0 Å². The molecule has 0 radical (unpaired) electrons. The summed E-state index contributed by atoms with van der Waals surface area (Å²) in [6, 6.07) is 17.0. The maximum absolute atomic E-state index is 13.9. The number of rotatable bonds is 8. The summed E-state index contributed by atoms with van der Waals surface area (Å²) >= 11 is 0. The first kappa shape index (κ1) is 28.5. The Hall–Kier alpha value is -3.55. The lowest BCUT2D eigenvalue weighted by Gasteiger charge is -2.43. The molecule has 2 aromatic carbocycles. The molecule has 2 saturated heterocycles. The molecule has 2 aliphatic rings. The highest BCUT2D eigenvalue weighted by Gasteiger charge is 2.54. The van der Waals surface area contributed by atoms with E-state index >= 15 is 0 Å². The number of likely N-dealkylation sites (tertiary alicyclic amines) is 1. The van der Waals surface area contributed by atoms with Crippen LogP contribution in [0.4, 0.5) is 11.4 Å². The van der Waals surface area contributed by atoms with E-state index in [-0.39, 0.29) is 29.7 Å². The zero-order chi connectivity index (χ0) is 28.2. The molecule has 3 amide bonds. The van der Waals surface area contributed by atoms with Crippen molar-refractivity contribution in [3.8, 4) is 5.75 Å². The van der Waals surface area contributed by atoms with Gasteiger partial charge in [-0.25, -0.2) is 0 Å². The molecule has 1 unspecified atom stereocenters. The van der Waals surface area contributed by atoms with Crippen LogP contribution in [0.25, 0.3) is 0 Å². The van der Waals surface area contributed by atoms with E-state index in [1.54, 1.807) is 30.2 Å². The molecule has 210 valence electrons. The van der Waals surface area contributed by atoms with Crippen LogP contribution >= 0.6 is 0 Å². The first-order chi connectivity index (χ1) is 18.5. The van der Waals surface area contributed by atoms with Gasteiger partial charge in [0.05, 0.1) is 13.8 Å². The van der Waals surface area contributed by atoms with Crippen molar-refractivity contribution in [1.82, 2.24) is 9.80 Å². The first-order valence-electron chi connectivity index (χ1n) is 13.8. The van der Waals surface area contributed by atoms with Crippen molar-refractivity contribution in [3.63, 3.8) is 0 Å². The maximum atomic E-state index is 13.9. The third-order valence-electron chi connectivity index (χ3n) is 7.70. The number of nitrogens with one attached hydrogen (secondary N) is 1. The molecule has 0 bridgehead atoms. The molecule has 0 aliphatic carbocycles. The lowest BCUT2D eigenvalue weighted by Crippen LogP contribution is -2.57. The molecule has 0 saturated carbocycles. The van der Waals surface area contributed by atoms with Crippen LogP contribution in [0.1, 0.15) is 53.4 Å². The summed E-state index contributed by atoms with van der Waals surface area (Å²) in [6.45, 7) is 10.1. The van der Waals surface area contributed by atoms with Crippen molar-refractivity contribution < 1.29 is 19.1 Å². The van der Waals surface area contributed by atoms with E-state index in [4.69, 9.17) is 4.74 Å². The number of carbonyl (C=O) groups is 3. The molecule has 4 rings (SSSR count). The molecule has 2 aromatic rings. The topological polar surface area (TPSA) is 82.2 Å². The van der Waals surface area contributed by atoms with Gasteiger partial charge in [0.1, 0.15) is 17.8 Å². The Bertz CT molecular complexity index is 1170. The summed E-state index contributed by atoms with van der Waals surface area (Å²) in [5, 5.41) is 2.88. The minimum absolute atomic E-state index is 0.0475. The van der Waals surface area contributed by atoms with Gasteiger partial charge in [-0.3, -0.25) is 14.4 Å². The van der Waals surface area contributed by atoms with Gasteiger partial charge in [0.15, 0.2) is 0 Å². The second-order valence-electron chi connectivity index (χ2n) is 12.2. The fraction of sp³-hybridized carbons (Fsp3) is 0.516. The van der Waals surface area contributed by atoms with Gasteiger partial charge in [-0.05, 0) is 54.9 Å². The summed E-state index contributed by atoms with van der Waals surface area (Å²) in [6.07, 6.45) is 2.59. The number of para-hydroxylation sites is 1. The number of ether oxygens (including phenoxy) is 1. The van der Waals surface area contributed by atoms with Crippen LogP contribution in [-0.4, -0.2) is 66.5 Å². The number of anilines is 2. The third-order valence-corrected chi connectivity index (χ3v) is 7.70. The predicted molar refractivity (Wildman–Crippen MR) is 154 cm³/mol. The second-order valence-corrected chi connectivity index (χ2v) is 12.2. The Balaban J connectivity index is 1.46. The average Bonchev–Trinajstić information content (AvgIpc) is 3.14. The first-order valence-corrected chi connectivity index (χ1v) is 13.8. The normalized spacial score (nSPS) is 17.9. The smallest absolute Gasteiger partial charge is 0.250 e. The Morgan fingerprint density at radius 1 is 1.05 bits per heavy atom. The van der Waals surface area contributed by atoms with E-state index in [9.17, 15) is 14.4 Å². The van der Waals surface area contributed by atoms with Gasteiger partial charge in [0.2, 0.25) is 11.8 Å². The van der Waals surface area contributed by atoms with Crippen LogP contribution in [0.15, 0.2) is 54.6 Å². The van der Waals surface area contributed by atoms with E-state index < -0.39 is 5.54 Å².